The minimum Gasteiger partial charge on any atom is -0.465 e. The molecular weight excluding hydrogens is 468 g/mol. The van der Waals surface area contributed by atoms with E-state index < -0.39 is 12.1 Å². The molecular formula is C27H23ClN2O5. The highest BCUT2D eigenvalue weighted by Gasteiger charge is 2.30. The van der Waals surface area contributed by atoms with Crippen molar-refractivity contribution in [2.45, 2.75) is 13.8 Å². The van der Waals surface area contributed by atoms with E-state index in [1.165, 1.54) is 12.0 Å². The molecule has 1 heterocycles. The van der Waals surface area contributed by atoms with Crippen LogP contribution >= 0.6 is 11.6 Å². The van der Waals surface area contributed by atoms with Gasteiger partial charge in [0.1, 0.15) is 11.4 Å². The number of benzene rings is 3. The van der Waals surface area contributed by atoms with Crippen molar-refractivity contribution in [1.29, 1.82) is 0 Å². The summed E-state index contributed by atoms with van der Waals surface area (Å²) in [6, 6.07) is 21.6. The van der Waals surface area contributed by atoms with Gasteiger partial charge in [-0.25, -0.2) is 14.5 Å². The second kappa shape index (κ2) is 10.4. The molecule has 178 valence electrons. The Morgan fingerprint density at radius 3 is 2.46 bits per heavy atom. The first kappa shape index (κ1) is 24.0. The zero-order chi connectivity index (χ0) is 24.9. The summed E-state index contributed by atoms with van der Waals surface area (Å²) >= 11 is 6.45. The molecule has 1 amide bonds. The number of amides is 1. The fraction of sp³-hybridized carbons (Fsp3) is 0.148. The Hall–Kier alpha value is -4.10. The SMILES string of the molecule is CCOC(=O)N(c1ccccc1Cl)c1c(C)noc1-c1cccc(-c2ccccc2C(=O)OC)c1. The molecule has 0 fully saturated rings. The third-order valence-electron chi connectivity index (χ3n) is 5.37. The highest BCUT2D eigenvalue weighted by Crippen LogP contribution is 2.41. The quantitative estimate of drug-likeness (QED) is 0.269. The molecule has 35 heavy (non-hydrogen) atoms. The number of anilines is 2. The van der Waals surface area contributed by atoms with Gasteiger partial charge in [-0.3, -0.25) is 0 Å². The van der Waals surface area contributed by atoms with E-state index in [9.17, 15) is 9.59 Å². The highest BCUT2D eigenvalue weighted by atomic mass is 35.5. The summed E-state index contributed by atoms with van der Waals surface area (Å²) in [5.41, 5.74) is 3.89. The van der Waals surface area contributed by atoms with Gasteiger partial charge in [-0.1, -0.05) is 65.3 Å². The van der Waals surface area contributed by atoms with E-state index in [2.05, 4.69) is 5.16 Å². The number of halogens is 1. The molecule has 0 radical (unpaired) electrons. The molecule has 1 aromatic heterocycles. The van der Waals surface area contributed by atoms with Gasteiger partial charge in [-0.2, -0.15) is 0 Å². The molecule has 4 rings (SSSR count). The summed E-state index contributed by atoms with van der Waals surface area (Å²) in [6.45, 7) is 3.65. The van der Waals surface area contributed by atoms with Crippen LogP contribution in [0.2, 0.25) is 5.02 Å². The number of para-hydroxylation sites is 1. The van der Waals surface area contributed by atoms with Crippen LogP contribution in [0.1, 0.15) is 23.0 Å². The van der Waals surface area contributed by atoms with E-state index in [4.69, 9.17) is 25.6 Å². The summed E-state index contributed by atoms with van der Waals surface area (Å²) in [7, 11) is 1.35. The number of ether oxygens (including phenoxy) is 2. The van der Waals surface area contributed by atoms with Crippen molar-refractivity contribution in [1.82, 2.24) is 5.16 Å². The van der Waals surface area contributed by atoms with E-state index in [0.717, 1.165) is 5.56 Å². The molecule has 0 aliphatic rings. The van der Waals surface area contributed by atoms with Crippen LogP contribution < -0.4 is 4.90 Å². The maximum atomic E-state index is 13.1. The number of carbonyl (C=O) groups is 2. The van der Waals surface area contributed by atoms with Crippen molar-refractivity contribution >= 4 is 35.0 Å². The standard InChI is InChI=1S/C27H23ClN2O5/c1-4-34-27(32)30(23-15-8-7-14-22(23)28)24-17(2)29-35-25(24)19-11-9-10-18(16-19)20-12-5-6-13-21(20)26(31)33-3/h5-16H,4H2,1-3H3. The van der Waals surface area contributed by atoms with Gasteiger partial charge in [0.25, 0.3) is 0 Å². The second-order valence-corrected chi connectivity index (χ2v) is 7.96. The number of hydrogen-bond acceptors (Lipinski definition) is 6. The van der Waals surface area contributed by atoms with Crippen LogP contribution in [-0.4, -0.2) is 30.9 Å². The third-order valence-corrected chi connectivity index (χ3v) is 5.69. The summed E-state index contributed by atoms with van der Waals surface area (Å²) in [6.07, 6.45) is -0.611. The van der Waals surface area contributed by atoms with Crippen molar-refractivity contribution in [3.8, 4) is 22.5 Å². The van der Waals surface area contributed by atoms with Crippen LogP contribution in [0.4, 0.5) is 16.2 Å². The van der Waals surface area contributed by atoms with E-state index >= 15 is 0 Å². The molecule has 0 unspecified atom stereocenters. The Balaban J connectivity index is 1.87. The lowest BCUT2D eigenvalue weighted by atomic mass is 9.97. The van der Waals surface area contributed by atoms with Gasteiger partial charge in [0.15, 0.2) is 5.76 Å². The zero-order valence-corrected chi connectivity index (χ0v) is 20.2. The highest BCUT2D eigenvalue weighted by molar-refractivity contribution is 6.34. The van der Waals surface area contributed by atoms with Crippen LogP contribution in [0.5, 0.6) is 0 Å². The first-order chi connectivity index (χ1) is 17.0. The van der Waals surface area contributed by atoms with E-state index in [1.54, 1.807) is 50.2 Å². The minimum absolute atomic E-state index is 0.180. The summed E-state index contributed by atoms with van der Waals surface area (Å²) in [4.78, 5) is 26.8. The number of methoxy groups -OCH3 is 1. The maximum absolute atomic E-state index is 13.1. The topological polar surface area (TPSA) is 81.9 Å². The van der Waals surface area contributed by atoms with Gasteiger partial charge < -0.3 is 14.0 Å². The van der Waals surface area contributed by atoms with E-state index in [1.807, 2.05) is 36.4 Å². The smallest absolute Gasteiger partial charge is 0.419 e. The molecule has 7 nitrogen and oxygen atoms in total. The average molecular weight is 491 g/mol. The van der Waals surface area contributed by atoms with Crippen molar-refractivity contribution < 1.29 is 23.6 Å². The van der Waals surface area contributed by atoms with Crippen LogP contribution in [0.15, 0.2) is 77.3 Å². The normalized spacial score (nSPS) is 10.6. The minimum atomic E-state index is -0.611. The first-order valence-electron chi connectivity index (χ1n) is 10.9. The Labute approximate surface area is 207 Å². The molecule has 8 heteroatoms. The van der Waals surface area contributed by atoms with Crippen LogP contribution in [-0.2, 0) is 9.47 Å². The van der Waals surface area contributed by atoms with Gasteiger partial charge in [0, 0.05) is 5.56 Å². The monoisotopic (exact) mass is 490 g/mol. The fourth-order valence-electron chi connectivity index (χ4n) is 3.80. The van der Waals surface area contributed by atoms with E-state index in [-0.39, 0.29) is 6.61 Å². The number of hydrogen-bond donors (Lipinski definition) is 0. The van der Waals surface area contributed by atoms with Crippen LogP contribution in [0.3, 0.4) is 0 Å². The summed E-state index contributed by atoms with van der Waals surface area (Å²) in [5.74, 6) is -0.0812. The van der Waals surface area contributed by atoms with Crippen LogP contribution in [0, 0.1) is 6.92 Å². The molecule has 4 aromatic rings. The Kier molecular flexibility index (Phi) is 7.17. The van der Waals surface area contributed by atoms with Gasteiger partial charge in [0.05, 0.1) is 30.0 Å². The van der Waals surface area contributed by atoms with Crippen molar-refractivity contribution in [2.75, 3.05) is 18.6 Å². The van der Waals surface area contributed by atoms with Crippen molar-refractivity contribution in [3.05, 3.63) is 89.1 Å². The van der Waals surface area contributed by atoms with Gasteiger partial charge in [0.2, 0.25) is 0 Å². The lowest BCUT2D eigenvalue weighted by Crippen LogP contribution is -2.27. The lowest BCUT2D eigenvalue weighted by Gasteiger charge is -2.23. The zero-order valence-electron chi connectivity index (χ0n) is 19.4. The second-order valence-electron chi connectivity index (χ2n) is 7.55. The lowest BCUT2D eigenvalue weighted by molar-refractivity contribution is 0.0601. The molecule has 0 N–H and O–H groups in total. The number of nitrogens with zero attached hydrogens (tertiary/aromatic N) is 2. The number of carbonyl (C=O) groups excluding carboxylic acids is 2. The molecule has 0 aliphatic carbocycles. The number of esters is 1. The molecule has 3 aromatic carbocycles. The van der Waals surface area contributed by atoms with Gasteiger partial charge >= 0.3 is 12.1 Å². The molecule has 0 bridgehead atoms. The predicted octanol–water partition coefficient (Wildman–Crippen LogP) is 7.05. The largest absolute Gasteiger partial charge is 0.465 e. The van der Waals surface area contributed by atoms with E-state index in [0.29, 0.717) is 44.5 Å². The molecule has 0 aliphatic heterocycles. The first-order valence-corrected chi connectivity index (χ1v) is 11.3. The maximum Gasteiger partial charge on any atom is 0.419 e. The van der Waals surface area contributed by atoms with Crippen LogP contribution in [0.25, 0.3) is 22.5 Å². The number of aromatic nitrogens is 1. The third kappa shape index (κ3) is 4.76. The summed E-state index contributed by atoms with van der Waals surface area (Å²) in [5, 5.41) is 4.50. The number of aryl methyl sites for hydroxylation is 1. The van der Waals surface area contributed by atoms with Gasteiger partial charge in [-0.15, -0.1) is 0 Å². The Bertz CT molecular complexity index is 1380. The average Bonchev–Trinajstić information content (AvgIpc) is 3.26. The summed E-state index contributed by atoms with van der Waals surface area (Å²) < 4.78 is 16.0. The van der Waals surface area contributed by atoms with Crippen molar-refractivity contribution in [2.24, 2.45) is 0 Å². The Morgan fingerprint density at radius 2 is 1.71 bits per heavy atom. The van der Waals surface area contributed by atoms with Crippen molar-refractivity contribution in [3.63, 3.8) is 0 Å². The Morgan fingerprint density at radius 1 is 1.00 bits per heavy atom. The molecule has 0 spiro atoms. The molecule has 0 atom stereocenters. The molecule has 0 saturated carbocycles. The number of rotatable bonds is 6. The van der Waals surface area contributed by atoms with Gasteiger partial charge in [-0.05, 0) is 49.2 Å². The predicted molar refractivity (Wildman–Crippen MR) is 134 cm³/mol. The molecule has 0 saturated heterocycles. The fourth-order valence-corrected chi connectivity index (χ4v) is 4.02.